The molecule has 0 radical (unpaired) electrons. The number of ether oxygens (including phenoxy) is 1. The lowest BCUT2D eigenvalue weighted by atomic mass is 10.2. The van der Waals surface area contributed by atoms with Crippen molar-refractivity contribution in [3.05, 3.63) is 11.3 Å². The molecule has 1 aliphatic rings. The van der Waals surface area contributed by atoms with Crippen molar-refractivity contribution in [1.82, 2.24) is 5.32 Å². The van der Waals surface area contributed by atoms with Crippen LogP contribution in [0.25, 0.3) is 0 Å². The van der Waals surface area contributed by atoms with Gasteiger partial charge in [0.15, 0.2) is 0 Å². The summed E-state index contributed by atoms with van der Waals surface area (Å²) < 4.78 is 4.77. The van der Waals surface area contributed by atoms with E-state index in [0.29, 0.717) is 25.1 Å². The van der Waals surface area contributed by atoms with Crippen molar-refractivity contribution in [2.24, 2.45) is 0 Å². The van der Waals surface area contributed by atoms with Crippen LogP contribution in [0.1, 0.15) is 13.3 Å². The van der Waals surface area contributed by atoms with Gasteiger partial charge in [-0.2, -0.15) is 0 Å². The molecule has 0 amide bonds. The normalized spacial score (nSPS) is 20.7. The summed E-state index contributed by atoms with van der Waals surface area (Å²) in [6.45, 7) is 2.84. The average molecular weight is 171 g/mol. The second-order valence-corrected chi connectivity index (χ2v) is 2.64. The summed E-state index contributed by atoms with van der Waals surface area (Å²) in [6.07, 6.45) is 0.670. The molecule has 0 aromatic heterocycles. The maximum absolute atomic E-state index is 11.0. The van der Waals surface area contributed by atoms with Crippen LogP contribution >= 0.6 is 0 Å². The first-order valence-electron chi connectivity index (χ1n) is 3.97. The summed E-state index contributed by atoms with van der Waals surface area (Å²) in [4.78, 5) is 11.0. The highest BCUT2D eigenvalue weighted by Gasteiger charge is 2.20. The molecule has 0 unspecified atom stereocenters. The minimum absolute atomic E-state index is 0.0691. The highest BCUT2D eigenvalue weighted by atomic mass is 16.5. The van der Waals surface area contributed by atoms with Crippen LogP contribution in [0.5, 0.6) is 0 Å². The Labute approximate surface area is 71.2 Å². The second kappa shape index (κ2) is 4.11. The van der Waals surface area contributed by atoms with Crippen LogP contribution in [0.3, 0.4) is 0 Å². The third-order valence-electron chi connectivity index (χ3n) is 1.79. The van der Waals surface area contributed by atoms with E-state index in [-0.39, 0.29) is 12.6 Å². The van der Waals surface area contributed by atoms with Gasteiger partial charge in [-0.15, -0.1) is 0 Å². The van der Waals surface area contributed by atoms with Crippen LogP contribution in [0.2, 0.25) is 0 Å². The van der Waals surface area contributed by atoms with E-state index in [0.717, 1.165) is 5.70 Å². The lowest BCUT2D eigenvalue weighted by Gasteiger charge is -2.05. The minimum atomic E-state index is -0.238. The van der Waals surface area contributed by atoms with E-state index in [2.05, 4.69) is 5.32 Å². The Hall–Kier alpha value is -1.03. The monoisotopic (exact) mass is 171 g/mol. The second-order valence-electron chi connectivity index (χ2n) is 2.64. The zero-order chi connectivity index (χ0) is 8.97. The van der Waals surface area contributed by atoms with Crippen LogP contribution < -0.4 is 5.32 Å². The Morgan fingerprint density at radius 3 is 3.00 bits per heavy atom. The topological polar surface area (TPSA) is 58.6 Å². The molecule has 0 aliphatic carbocycles. The lowest BCUT2D eigenvalue weighted by molar-refractivity contribution is -0.135. The van der Waals surface area contributed by atoms with Gasteiger partial charge in [-0.25, -0.2) is 4.79 Å². The van der Waals surface area contributed by atoms with Crippen molar-refractivity contribution in [2.75, 3.05) is 19.8 Å². The van der Waals surface area contributed by atoms with E-state index < -0.39 is 0 Å². The lowest BCUT2D eigenvalue weighted by Crippen LogP contribution is -2.18. The third-order valence-corrected chi connectivity index (χ3v) is 1.79. The molecule has 0 atom stereocenters. The number of carbonyl (C=O) groups excluding carboxylic acids is 1. The van der Waals surface area contributed by atoms with Crippen molar-refractivity contribution in [1.29, 1.82) is 0 Å². The molecule has 1 rings (SSSR count). The van der Waals surface area contributed by atoms with Crippen molar-refractivity contribution < 1.29 is 14.6 Å². The number of carbonyl (C=O) groups is 1. The SMILES string of the molecule is CC(NCCO)=C1CCOC1=O. The molecule has 68 valence electrons. The number of nitrogens with one attached hydrogen (secondary N) is 1. The van der Waals surface area contributed by atoms with Crippen molar-refractivity contribution in [2.45, 2.75) is 13.3 Å². The maximum atomic E-state index is 11.0. The van der Waals surface area contributed by atoms with Crippen LogP contribution in [0, 0.1) is 0 Å². The molecule has 0 aromatic carbocycles. The van der Waals surface area contributed by atoms with Gasteiger partial charge in [0, 0.05) is 18.7 Å². The third kappa shape index (κ3) is 1.98. The molecular weight excluding hydrogens is 158 g/mol. The van der Waals surface area contributed by atoms with E-state index in [1.54, 1.807) is 0 Å². The number of hydrogen-bond acceptors (Lipinski definition) is 4. The zero-order valence-electron chi connectivity index (χ0n) is 7.09. The van der Waals surface area contributed by atoms with Gasteiger partial charge in [0.2, 0.25) is 0 Å². The number of cyclic esters (lactones) is 1. The molecule has 1 saturated heterocycles. The molecule has 0 aromatic rings. The smallest absolute Gasteiger partial charge is 0.335 e. The molecule has 1 heterocycles. The van der Waals surface area contributed by atoms with Gasteiger partial charge >= 0.3 is 5.97 Å². The van der Waals surface area contributed by atoms with Crippen LogP contribution in [-0.2, 0) is 9.53 Å². The zero-order valence-corrected chi connectivity index (χ0v) is 7.09. The standard InChI is InChI=1S/C8H13NO3/c1-6(9-3-4-10)7-2-5-12-8(7)11/h9-10H,2-5H2,1H3. The summed E-state index contributed by atoms with van der Waals surface area (Å²) >= 11 is 0. The highest BCUT2D eigenvalue weighted by molar-refractivity contribution is 5.90. The van der Waals surface area contributed by atoms with Gasteiger partial charge in [0.1, 0.15) is 0 Å². The predicted molar refractivity (Wildman–Crippen MR) is 43.4 cm³/mol. The Balaban J connectivity index is 2.55. The summed E-state index contributed by atoms with van der Waals surface area (Å²) in [5.41, 5.74) is 1.51. The van der Waals surface area contributed by atoms with Gasteiger partial charge in [0.25, 0.3) is 0 Å². The number of aliphatic hydroxyl groups excluding tert-OH is 1. The van der Waals surface area contributed by atoms with Crippen molar-refractivity contribution in [3.63, 3.8) is 0 Å². The fourth-order valence-electron chi connectivity index (χ4n) is 1.13. The average Bonchev–Trinajstić information content (AvgIpc) is 2.47. The highest BCUT2D eigenvalue weighted by Crippen LogP contribution is 2.15. The summed E-state index contributed by atoms with van der Waals surface area (Å²) in [6, 6.07) is 0. The van der Waals surface area contributed by atoms with Crippen LogP contribution in [-0.4, -0.2) is 30.8 Å². The van der Waals surface area contributed by atoms with Crippen molar-refractivity contribution in [3.8, 4) is 0 Å². The van der Waals surface area contributed by atoms with Gasteiger partial charge in [-0.05, 0) is 6.92 Å². The molecule has 12 heavy (non-hydrogen) atoms. The number of allylic oxidation sites excluding steroid dienone is 1. The Kier molecular flexibility index (Phi) is 3.10. The Morgan fingerprint density at radius 1 is 1.75 bits per heavy atom. The predicted octanol–water partition coefficient (Wildman–Crippen LogP) is -0.211. The fraction of sp³-hybridized carbons (Fsp3) is 0.625. The number of esters is 1. The summed E-state index contributed by atoms with van der Waals surface area (Å²) in [7, 11) is 0. The Bertz CT molecular complexity index is 210. The first-order valence-corrected chi connectivity index (χ1v) is 3.97. The Morgan fingerprint density at radius 2 is 2.50 bits per heavy atom. The molecule has 1 fully saturated rings. The van der Waals surface area contributed by atoms with Gasteiger partial charge in [-0.1, -0.05) is 0 Å². The van der Waals surface area contributed by atoms with E-state index >= 15 is 0 Å². The van der Waals surface area contributed by atoms with Gasteiger partial charge in [-0.3, -0.25) is 0 Å². The molecule has 0 spiro atoms. The molecule has 4 heteroatoms. The van der Waals surface area contributed by atoms with Gasteiger partial charge < -0.3 is 15.2 Å². The molecular formula is C8H13NO3. The van der Waals surface area contributed by atoms with E-state index in [4.69, 9.17) is 9.84 Å². The first kappa shape index (κ1) is 9.06. The first-order chi connectivity index (χ1) is 5.75. The fourth-order valence-corrected chi connectivity index (χ4v) is 1.13. The van der Waals surface area contributed by atoms with E-state index in [1.165, 1.54) is 0 Å². The molecule has 1 aliphatic heterocycles. The number of aliphatic hydroxyl groups is 1. The van der Waals surface area contributed by atoms with E-state index in [1.807, 2.05) is 6.92 Å². The molecule has 0 saturated carbocycles. The van der Waals surface area contributed by atoms with Gasteiger partial charge in [0.05, 0.1) is 18.8 Å². The summed E-state index contributed by atoms with van der Waals surface area (Å²) in [5, 5.41) is 11.5. The summed E-state index contributed by atoms with van der Waals surface area (Å²) in [5.74, 6) is -0.238. The number of rotatable bonds is 3. The minimum Gasteiger partial charge on any atom is -0.462 e. The molecule has 4 nitrogen and oxygen atoms in total. The maximum Gasteiger partial charge on any atom is 0.335 e. The largest absolute Gasteiger partial charge is 0.462 e. The van der Waals surface area contributed by atoms with Crippen molar-refractivity contribution >= 4 is 5.97 Å². The van der Waals surface area contributed by atoms with Crippen LogP contribution in [0.15, 0.2) is 11.3 Å². The quantitative estimate of drug-likeness (QED) is 0.455. The molecule has 2 N–H and O–H groups in total. The molecule has 0 bridgehead atoms. The number of hydrogen-bond donors (Lipinski definition) is 2. The van der Waals surface area contributed by atoms with Crippen LogP contribution in [0.4, 0.5) is 0 Å². The van der Waals surface area contributed by atoms with E-state index in [9.17, 15) is 4.79 Å².